The normalized spacial score (nSPS) is 16.3. The molecule has 1 aromatic rings. The van der Waals surface area contributed by atoms with E-state index in [9.17, 15) is 18.7 Å². The number of benzene rings is 1. The van der Waals surface area contributed by atoms with E-state index < -0.39 is 23.6 Å². The van der Waals surface area contributed by atoms with Crippen molar-refractivity contribution in [2.75, 3.05) is 25.0 Å². The monoisotopic (exact) mass is 284 g/mol. The fourth-order valence-electron chi connectivity index (χ4n) is 2.29. The van der Waals surface area contributed by atoms with E-state index in [1.54, 1.807) is 6.92 Å². The molecule has 1 saturated heterocycles. The zero-order valence-electron chi connectivity index (χ0n) is 11.3. The second-order valence-electron chi connectivity index (χ2n) is 4.87. The summed E-state index contributed by atoms with van der Waals surface area (Å²) in [6.45, 7) is 2.93. The van der Waals surface area contributed by atoms with Crippen molar-refractivity contribution >= 4 is 11.6 Å². The number of aliphatic hydroxyl groups is 1. The molecule has 2 rings (SSSR count). The first-order chi connectivity index (χ1) is 9.52. The van der Waals surface area contributed by atoms with Gasteiger partial charge in [0.1, 0.15) is 17.3 Å². The number of carbonyl (C=O) groups is 1. The van der Waals surface area contributed by atoms with Gasteiger partial charge in [-0.05, 0) is 31.9 Å². The van der Waals surface area contributed by atoms with Crippen molar-refractivity contribution in [2.45, 2.75) is 25.9 Å². The largest absolute Gasteiger partial charge is 0.393 e. The van der Waals surface area contributed by atoms with Gasteiger partial charge in [-0.1, -0.05) is 0 Å². The van der Waals surface area contributed by atoms with Gasteiger partial charge in [-0.3, -0.25) is 4.79 Å². The van der Waals surface area contributed by atoms with Crippen LogP contribution in [0.1, 0.15) is 30.1 Å². The summed E-state index contributed by atoms with van der Waals surface area (Å²) in [7, 11) is 0. The Kier molecular flexibility index (Phi) is 4.54. The van der Waals surface area contributed by atoms with Crippen LogP contribution in [0.3, 0.4) is 0 Å². The highest BCUT2D eigenvalue weighted by Crippen LogP contribution is 2.22. The Morgan fingerprint density at radius 1 is 1.35 bits per heavy atom. The molecule has 110 valence electrons. The fraction of sp³-hybridized carbons (Fsp3) is 0.500. The number of anilines is 1. The molecule has 4 nitrogen and oxygen atoms in total. The molecule has 20 heavy (non-hydrogen) atoms. The van der Waals surface area contributed by atoms with Crippen LogP contribution >= 0.6 is 0 Å². The quantitative estimate of drug-likeness (QED) is 0.892. The van der Waals surface area contributed by atoms with Gasteiger partial charge in [-0.25, -0.2) is 8.78 Å². The molecule has 1 aromatic carbocycles. The summed E-state index contributed by atoms with van der Waals surface area (Å²) in [5.74, 6) is -1.95. The number of rotatable bonds is 3. The summed E-state index contributed by atoms with van der Waals surface area (Å²) in [6.07, 6.45) is 0.585. The van der Waals surface area contributed by atoms with Gasteiger partial charge in [0.2, 0.25) is 0 Å². The first kappa shape index (κ1) is 14.7. The van der Waals surface area contributed by atoms with E-state index in [4.69, 9.17) is 0 Å². The third-order valence-electron chi connectivity index (χ3n) is 3.39. The SMILES string of the molecule is CCNc1c(F)cc(C(=O)N2CCC(O)CC2)cc1F. The zero-order chi connectivity index (χ0) is 14.7. The lowest BCUT2D eigenvalue weighted by Crippen LogP contribution is -2.40. The lowest BCUT2D eigenvalue weighted by Gasteiger charge is -2.29. The van der Waals surface area contributed by atoms with Gasteiger partial charge >= 0.3 is 0 Å². The Morgan fingerprint density at radius 2 is 1.90 bits per heavy atom. The molecule has 0 bridgehead atoms. The highest BCUT2D eigenvalue weighted by molar-refractivity contribution is 5.94. The number of nitrogens with one attached hydrogen (secondary N) is 1. The van der Waals surface area contributed by atoms with E-state index >= 15 is 0 Å². The van der Waals surface area contributed by atoms with Gasteiger partial charge in [-0.15, -0.1) is 0 Å². The van der Waals surface area contributed by atoms with Crippen molar-refractivity contribution in [2.24, 2.45) is 0 Å². The molecule has 1 amide bonds. The summed E-state index contributed by atoms with van der Waals surface area (Å²) >= 11 is 0. The van der Waals surface area contributed by atoms with Crippen LogP contribution in [0.2, 0.25) is 0 Å². The number of piperidine rings is 1. The molecule has 6 heteroatoms. The van der Waals surface area contributed by atoms with Gasteiger partial charge in [-0.2, -0.15) is 0 Å². The Morgan fingerprint density at radius 3 is 2.40 bits per heavy atom. The maximum Gasteiger partial charge on any atom is 0.254 e. The van der Waals surface area contributed by atoms with Crippen molar-refractivity contribution in [1.29, 1.82) is 0 Å². The minimum Gasteiger partial charge on any atom is -0.393 e. The van der Waals surface area contributed by atoms with Crippen LogP contribution in [-0.2, 0) is 0 Å². The minimum absolute atomic E-state index is 0.00181. The van der Waals surface area contributed by atoms with Crippen LogP contribution < -0.4 is 5.32 Å². The lowest BCUT2D eigenvalue weighted by molar-refractivity contribution is 0.0545. The number of hydrogen-bond donors (Lipinski definition) is 2. The Labute approximate surface area is 116 Å². The molecule has 0 unspecified atom stereocenters. The number of hydrogen-bond acceptors (Lipinski definition) is 3. The number of amides is 1. The molecule has 0 atom stereocenters. The summed E-state index contributed by atoms with van der Waals surface area (Å²) < 4.78 is 27.5. The molecule has 1 aliphatic rings. The molecule has 0 aromatic heterocycles. The summed E-state index contributed by atoms with van der Waals surface area (Å²) in [4.78, 5) is 13.7. The van der Waals surface area contributed by atoms with Crippen molar-refractivity contribution < 1.29 is 18.7 Å². The molecule has 1 fully saturated rings. The van der Waals surface area contributed by atoms with Gasteiger partial charge < -0.3 is 15.3 Å². The highest BCUT2D eigenvalue weighted by atomic mass is 19.1. The van der Waals surface area contributed by atoms with Crippen LogP contribution in [0, 0.1) is 11.6 Å². The van der Waals surface area contributed by atoms with E-state index in [1.807, 2.05) is 0 Å². The number of carbonyl (C=O) groups excluding carboxylic acids is 1. The van der Waals surface area contributed by atoms with Gasteiger partial charge in [0.25, 0.3) is 5.91 Å². The predicted molar refractivity (Wildman–Crippen MR) is 71.7 cm³/mol. The van der Waals surface area contributed by atoms with Crippen molar-refractivity contribution in [1.82, 2.24) is 4.90 Å². The van der Waals surface area contributed by atoms with Crippen LogP contribution in [0.4, 0.5) is 14.5 Å². The Balaban J connectivity index is 2.18. The third-order valence-corrected chi connectivity index (χ3v) is 3.39. The molecule has 2 N–H and O–H groups in total. The van der Waals surface area contributed by atoms with E-state index in [1.165, 1.54) is 4.90 Å². The maximum atomic E-state index is 13.8. The predicted octanol–water partition coefficient (Wildman–Crippen LogP) is 1.99. The second-order valence-corrected chi connectivity index (χ2v) is 4.87. The molecule has 0 aliphatic carbocycles. The maximum absolute atomic E-state index is 13.8. The third kappa shape index (κ3) is 3.07. The van der Waals surface area contributed by atoms with E-state index in [-0.39, 0.29) is 11.3 Å². The minimum atomic E-state index is -0.771. The lowest BCUT2D eigenvalue weighted by atomic mass is 10.1. The molecular formula is C14H18F2N2O2. The van der Waals surface area contributed by atoms with Crippen molar-refractivity contribution in [3.8, 4) is 0 Å². The topological polar surface area (TPSA) is 52.6 Å². The first-order valence-corrected chi connectivity index (χ1v) is 6.73. The van der Waals surface area contributed by atoms with E-state index in [2.05, 4.69) is 5.32 Å². The van der Waals surface area contributed by atoms with Crippen LogP contribution in [0.15, 0.2) is 12.1 Å². The number of nitrogens with zero attached hydrogens (tertiary/aromatic N) is 1. The Bertz CT molecular complexity index is 477. The van der Waals surface area contributed by atoms with Crippen LogP contribution in [0.25, 0.3) is 0 Å². The highest BCUT2D eigenvalue weighted by Gasteiger charge is 2.24. The van der Waals surface area contributed by atoms with Gasteiger partial charge in [0.15, 0.2) is 0 Å². The Hall–Kier alpha value is -1.69. The summed E-state index contributed by atoms with van der Waals surface area (Å²) in [5, 5.41) is 12.0. The average molecular weight is 284 g/mol. The average Bonchev–Trinajstić information content (AvgIpc) is 2.42. The van der Waals surface area contributed by atoms with Gasteiger partial charge in [0, 0.05) is 25.2 Å². The van der Waals surface area contributed by atoms with Crippen molar-refractivity contribution in [3.63, 3.8) is 0 Å². The number of aliphatic hydroxyl groups excluding tert-OH is 1. The molecule has 0 radical (unpaired) electrons. The number of likely N-dealkylation sites (tertiary alicyclic amines) is 1. The van der Waals surface area contributed by atoms with E-state index in [0.29, 0.717) is 32.5 Å². The van der Waals surface area contributed by atoms with Gasteiger partial charge in [0.05, 0.1) is 6.10 Å². The fourth-order valence-corrected chi connectivity index (χ4v) is 2.29. The van der Waals surface area contributed by atoms with Crippen LogP contribution in [0.5, 0.6) is 0 Å². The first-order valence-electron chi connectivity index (χ1n) is 6.73. The zero-order valence-corrected chi connectivity index (χ0v) is 11.3. The standard InChI is InChI=1S/C14H18F2N2O2/c1-2-17-13-11(15)7-9(8-12(13)16)14(20)18-5-3-10(19)4-6-18/h7-8,10,17,19H,2-6H2,1H3. The van der Waals surface area contributed by atoms with Crippen molar-refractivity contribution in [3.05, 3.63) is 29.3 Å². The summed E-state index contributed by atoms with van der Waals surface area (Å²) in [6, 6.07) is 2.10. The molecule has 1 aliphatic heterocycles. The molecular weight excluding hydrogens is 266 g/mol. The number of halogens is 2. The van der Waals surface area contributed by atoms with E-state index in [0.717, 1.165) is 12.1 Å². The molecule has 0 saturated carbocycles. The summed E-state index contributed by atoms with van der Waals surface area (Å²) in [5.41, 5.74) is -0.212. The second kappa shape index (κ2) is 6.17. The molecule has 1 heterocycles. The molecule has 0 spiro atoms. The van der Waals surface area contributed by atoms with Crippen LogP contribution in [-0.4, -0.2) is 41.7 Å². The smallest absolute Gasteiger partial charge is 0.254 e.